The van der Waals surface area contributed by atoms with Crippen LogP contribution in [0.1, 0.15) is 37.1 Å². The fourth-order valence-electron chi connectivity index (χ4n) is 3.61. The zero-order chi connectivity index (χ0) is 24.9. The maximum Gasteiger partial charge on any atom is 0.449 e. The Balaban J connectivity index is 1.59. The number of para-hydroxylation sites is 2. The monoisotopic (exact) mass is 515 g/mol. The van der Waals surface area contributed by atoms with E-state index in [0.717, 1.165) is 23.0 Å². The number of ether oxygens (including phenoxy) is 1. The number of imidazole rings is 1. The van der Waals surface area contributed by atoms with Crippen molar-refractivity contribution in [3.8, 4) is 0 Å². The molecule has 3 rings (SSSR count). The molecule has 1 amide bonds. The van der Waals surface area contributed by atoms with Crippen LogP contribution in [-0.2, 0) is 27.0 Å². The number of carbonyl (C=O) groups is 2. The molecular weight excluding hydrogens is 494 g/mol. The van der Waals surface area contributed by atoms with E-state index in [1.807, 2.05) is 6.92 Å². The molecule has 1 atom stereocenters. The minimum absolute atomic E-state index is 0.0823. The third kappa shape index (κ3) is 6.42. The quantitative estimate of drug-likeness (QED) is 0.376. The van der Waals surface area contributed by atoms with E-state index in [-0.39, 0.29) is 23.5 Å². The minimum Gasteiger partial charge on any atom is -0.454 e. The zero-order valence-corrected chi connectivity index (χ0v) is 19.7. The van der Waals surface area contributed by atoms with Crippen molar-refractivity contribution >= 4 is 46.1 Å². The van der Waals surface area contributed by atoms with Gasteiger partial charge in [-0.1, -0.05) is 54.7 Å². The molecule has 3 aromatic rings. The van der Waals surface area contributed by atoms with E-state index < -0.39 is 37.0 Å². The molecule has 2 aromatic carbocycles. The van der Waals surface area contributed by atoms with Crippen molar-refractivity contribution in [2.45, 2.75) is 38.4 Å². The Labute approximate surface area is 204 Å². The predicted octanol–water partition coefficient (Wildman–Crippen LogP) is 5.61. The molecule has 1 unspecified atom stereocenters. The highest BCUT2D eigenvalue weighted by Gasteiger charge is 2.38. The molecule has 0 aliphatic carbocycles. The molecule has 0 saturated carbocycles. The lowest BCUT2D eigenvalue weighted by Gasteiger charge is -2.19. The number of carbonyl (C=O) groups excluding carboxylic acids is 2. The van der Waals surface area contributed by atoms with Crippen molar-refractivity contribution in [1.82, 2.24) is 14.9 Å². The van der Waals surface area contributed by atoms with Crippen molar-refractivity contribution in [3.05, 3.63) is 63.9 Å². The first-order chi connectivity index (χ1) is 16.1. The molecular formula is C23H22Cl2F3N3O3. The maximum absolute atomic E-state index is 13.4. The topological polar surface area (TPSA) is 73.2 Å². The molecule has 1 aromatic heterocycles. The molecule has 0 spiro atoms. The molecule has 6 nitrogen and oxygen atoms in total. The number of alkyl halides is 3. The summed E-state index contributed by atoms with van der Waals surface area (Å²) >= 11 is 12.2. The molecule has 0 aliphatic heterocycles. The van der Waals surface area contributed by atoms with Gasteiger partial charge in [-0.05, 0) is 36.2 Å². The van der Waals surface area contributed by atoms with Gasteiger partial charge in [0.05, 0.1) is 11.0 Å². The van der Waals surface area contributed by atoms with E-state index in [4.69, 9.17) is 27.9 Å². The Morgan fingerprint density at radius 1 is 1.18 bits per heavy atom. The van der Waals surface area contributed by atoms with Gasteiger partial charge in [0.25, 0.3) is 5.91 Å². The van der Waals surface area contributed by atoms with Crippen LogP contribution >= 0.6 is 23.2 Å². The number of halogens is 5. The number of esters is 1. The first-order valence-electron chi connectivity index (χ1n) is 10.5. The van der Waals surface area contributed by atoms with Gasteiger partial charge in [0, 0.05) is 22.5 Å². The van der Waals surface area contributed by atoms with E-state index in [1.165, 1.54) is 12.1 Å². The number of hydrogen-bond acceptors (Lipinski definition) is 4. The fourth-order valence-corrected chi connectivity index (χ4v) is 4.17. The first kappa shape index (κ1) is 25.8. The fraction of sp³-hybridized carbons (Fsp3) is 0.348. The summed E-state index contributed by atoms with van der Waals surface area (Å²) in [4.78, 5) is 28.0. The molecule has 11 heteroatoms. The Morgan fingerprint density at radius 2 is 1.91 bits per heavy atom. The normalized spacial score (nSPS) is 12.5. The molecule has 182 valence electrons. The Bertz CT molecular complexity index is 1180. The number of fused-ring (bicyclic) bond motifs is 1. The third-order valence-corrected chi connectivity index (χ3v) is 5.71. The van der Waals surface area contributed by atoms with Gasteiger partial charge in [0.15, 0.2) is 6.61 Å². The molecule has 1 heterocycles. The second-order valence-electron chi connectivity index (χ2n) is 7.62. The number of hydrogen-bond donors (Lipinski definition) is 1. The first-order valence-corrected chi connectivity index (χ1v) is 11.3. The van der Waals surface area contributed by atoms with Crippen molar-refractivity contribution in [1.29, 1.82) is 0 Å². The van der Waals surface area contributed by atoms with Gasteiger partial charge in [-0.25, -0.2) is 4.98 Å². The number of amides is 1. The number of rotatable bonds is 9. The molecule has 0 fully saturated rings. The van der Waals surface area contributed by atoms with Crippen LogP contribution in [0.2, 0.25) is 10.0 Å². The number of nitrogens with one attached hydrogen (secondary N) is 1. The van der Waals surface area contributed by atoms with E-state index in [2.05, 4.69) is 10.3 Å². The molecule has 0 radical (unpaired) electrons. The highest BCUT2D eigenvalue weighted by atomic mass is 35.5. The molecule has 0 saturated heterocycles. The summed E-state index contributed by atoms with van der Waals surface area (Å²) in [6.07, 6.45) is -3.17. The van der Waals surface area contributed by atoms with Crippen LogP contribution in [0.3, 0.4) is 0 Å². The third-order valence-electron chi connectivity index (χ3n) is 5.14. The van der Waals surface area contributed by atoms with Crippen LogP contribution < -0.4 is 5.32 Å². The van der Waals surface area contributed by atoms with E-state index in [1.54, 1.807) is 30.3 Å². The lowest BCUT2D eigenvalue weighted by molar-refractivity contribution is -0.153. The van der Waals surface area contributed by atoms with Crippen molar-refractivity contribution in [2.75, 3.05) is 13.2 Å². The van der Waals surface area contributed by atoms with E-state index >= 15 is 0 Å². The SMILES string of the molecule is CCCC(CNC(=O)COC(=O)Cn1c(C(F)(F)F)nc2ccccc21)c1ccc(Cl)cc1Cl. The average Bonchev–Trinajstić information content (AvgIpc) is 3.14. The summed E-state index contributed by atoms with van der Waals surface area (Å²) in [5.74, 6) is -2.86. The Kier molecular flexibility index (Phi) is 8.43. The second-order valence-corrected chi connectivity index (χ2v) is 8.47. The van der Waals surface area contributed by atoms with Gasteiger partial charge >= 0.3 is 12.1 Å². The standard InChI is InChI=1S/C23H22Cl2F3N3O3/c1-2-5-14(16-9-8-15(24)10-17(16)25)11-29-20(32)13-34-21(33)12-31-19-7-4-3-6-18(19)30-22(31)23(26,27)28/h3-4,6-10,14H,2,5,11-13H2,1H3,(H,29,32). The molecule has 0 bridgehead atoms. The van der Waals surface area contributed by atoms with Crippen molar-refractivity contribution in [2.24, 2.45) is 0 Å². The maximum atomic E-state index is 13.4. The van der Waals surface area contributed by atoms with E-state index in [0.29, 0.717) is 10.0 Å². The minimum atomic E-state index is -4.76. The summed E-state index contributed by atoms with van der Waals surface area (Å²) in [6.45, 7) is 0.882. The molecule has 34 heavy (non-hydrogen) atoms. The van der Waals surface area contributed by atoms with E-state index in [9.17, 15) is 22.8 Å². The molecule has 0 aliphatic rings. The predicted molar refractivity (Wildman–Crippen MR) is 123 cm³/mol. The lowest BCUT2D eigenvalue weighted by Crippen LogP contribution is -2.33. The van der Waals surface area contributed by atoms with Gasteiger partial charge in [0.1, 0.15) is 6.54 Å². The highest BCUT2D eigenvalue weighted by molar-refractivity contribution is 6.35. The van der Waals surface area contributed by atoms with Gasteiger partial charge in [-0.15, -0.1) is 0 Å². The number of nitrogens with zero attached hydrogens (tertiary/aromatic N) is 2. The average molecular weight is 516 g/mol. The van der Waals surface area contributed by atoms with Crippen LogP contribution in [0.4, 0.5) is 13.2 Å². The summed E-state index contributed by atoms with van der Waals surface area (Å²) in [5, 5.41) is 3.67. The van der Waals surface area contributed by atoms with Gasteiger partial charge < -0.3 is 14.6 Å². The van der Waals surface area contributed by atoms with Gasteiger partial charge in [-0.2, -0.15) is 13.2 Å². The van der Waals surface area contributed by atoms with Gasteiger partial charge in [0.2, 0.25) is 5.82 Å². The number of benzene rings is 2. The smallest absolute Gasteiger partial charge is 0.449 e. The summed E-state index contributed by atoms with van der Waals surface area (Å²) in [5.41, 5.74) is 1.07. The van der Waals surface area contributed by atoms with Crippen LogP contribution in [0.15, 0.2) is 42.5 Å². The summed E-state index contributed by atoms with van der Waals surface area (Å²) in [6, 6.07) is 11.1. The largest absolute Gasteiger partial charge is 0.454 e. The summed E-state index contributed by atoms with van der Waals surface area (Å²) < 4.78 is 45.7. The van der Waals surface area contributed by atoms with Crippen LogP contribution in [0.5, 0.6) is 0 Å². The highest BCUT2D eigenvalue weighted by Crippen LogP contribution is 2.32. The van der Waals surface area contributed by atoms with Crippen molar-refractivity contribution < 1.29 is 27.5 Å². The van der Waals surface area contributed by atoms with Crippen molar-refractivity contribution in [3.63, 3.8) is 0 Å². The van der Waals surface area contributed by atoms with Crippen LogP contribution in [-0.4, -0.2) is 34.6 Å². The van der Waals surface area contributed by atoms with Crippen LogP contribution in [0.25, 0.3) is 11.0 Å². The van der Waals surface area contributed by atoms with Gasteiger partial charge in [-0.3, -0.25) is 9.59 Å². The Morgan fingerprint density at radius 3 is 2.59 bits per heavy atom. The summed E-state index contributed by atoms with van der Waals surface area (Å²) in [7, 11) is 0. The number of aromatic nitrogens is 2. The Hall–Kier alpha value is -2.78. The second kappa shape index (κ2) is 11.1. The molecule has 1 N–H and O–H groups in total. The lowest BCUT2D eigenvalue weighted by atomic mass is 9.94. The van der Waals surface area contributed by atoms with Crippen LogP contribution in [0, 0.1) is 0 Å². The zero-order valence-electron chi connectivity index (χ0n) is 18.2.